The van der Waals surface area contributed by atoms with E-state index in [1.54, 1.807) is 6.07 Å². The van der Waals surface area contributed by atoms with E-state index in [4.69, 9.17) is 4.52 Å². The van der Waals surface area contributed by atoms with Crippen molar-refractivity contribution in [2.24, 2.45) is 5.92 Å². The summed E-state index contributed by atoms with van der Waals surface area (Å²) in [6, 6.07) is 10.0. The maximum absolute atomic E-state index is 12.5. The Bertz CT molecular complexity index is 702. The van der Waals surface area contributed by atoms with Crippen LogP contribution >= 0.6 is 0 Å². The number of hydrogen-bond acceptors (Lipinski definition) is 3. The van der Waals surface area contributed by atoms with Crippen LogP contribution in [0.1, 0.15) is 56.6 Å². The lowest BCUT2D eigenvalue weighted by molar-refractivity contribution is 0.0687. The van der Waals surface area contributed by atoms with E-state index in [1.165, 1.54) is 5.56 Å². The Kier molecular flexibility index (Phi) is 4.48. The molecule has 0 atom stereocenters. The smallest absolute Gasteiger partial charge is 0.276 e. The zero-order chi connectivity index (χ0) is 17.3. The maximum Gasteiger partial charge on any atom is 0.276 e. The number of rotatable bonds is 2. The third kappa shape index (κ3) is 3.53. The Hall–Kier alpha value is -2.10. The number of aromatic nitrogens is 1. The zero-order valence-corrected chi connectivity index (χ0v) is 15.0. The van der Waals surface area contributed by atoms with Gasteiger partial charge in [0.2, 0.25) is 0 Å². The highest BCUT2D eigenvalue weighted by Gasteiger charge is 2.24. The molecule has 1 saturated heterocycles. The van der Waals surface area contributed by atoms with Gasteiger partial charge in [0.25, 0.3) is 5.91 Å². The van der Waals surface area contributed by atoms with Gasteiger partial charge in [-0.1, -0.05) is 57.1 Å². The van der Waals surface area contributed by atoms with Crippen molar-refractivity contribution in [3.63, 3.8) is 0 Å². The van der Waals surface area contributed by atoms with Crippen LogP contribution in [-0.2, 0) is 5.41 Å². The number of carbonyl (C=O) groups excluding carboxylic acids is 1. The summed E-state index contributed by atoms with van der Waals surface area (Å²) in [4.78, 5) is 14.4. The minimum Gasteiger partial charge on any atom is -0.355 e. The number of likely N-dealkylation sites (tertiary alicyclic amines) is 1. The molecular formula is C20H26N2O2. The van der Waals surface area contributed by atoms with Crippen molar-refractivity contribution < 1.29 is 9.32 Å². The Labute approximate surface area is 143 Å². The van der Waals surface area contributed by atoms with Crippen molar-refractivity contribution in [1.82, 2.24) is 10.1 Å². The molecule has 1 amide bonds. The molecule has 2 heterocycles. The molecule has 4 heteroatoms. The van der Waals surface area contributed by atoms with Crippen LogP contribution in [0.3, 0.4) is 0 Å². The van der Waals surface area contributed by atoms with Gasteiger partial charge in [-0.2, -0.15) is 0 Å². The molecule has 0 bridgehead atoms. The summed E-state index contributed by atoms with van der Waals surface area (Å²) in [6.45, 7) is 10.4. The molecule has 0 spiro atoms. The van der Waals surface area contributed by atoms with E-state index < -0.39 is 0 Å². The van der Waals surface area contributed by atoms with Gasteiger partial charge in [0.15, 0.2) is 11.5 Å². The van der Waals surface area contributed by atoms with Gasteiger partial charge in [-0.15, -0.1) is 0 Å². The lowest BCUT2D eigenvalue weighted by atomic mass is 9.86. The van der Waals surface area contributed by atoms with E-state index >= 15 is 0 Å². The van der Waals surface area contributed by atoms with Crippen molar-refractivity contribution in [2.45, 2.75) is 46.0 Å². The molecule has 1 fully saturated rings. The Morgan fingerprint density at radius 3 is 2.38 bits per heavy atom. The number of piperidine rings is 1. The zero-order valence-electron chi connectivity index (χ0n) is 15.0. The highest BCUT2D eigenvalue weighted by molar-refractivity contribution is 5.93. The van der Waals surface area contributed by atoms with E-state index in [0.29, 0.717) is 17.4 Å². The van der Waals surface area contributed by atoms with Gasteiger partial charge in [-0.25, -0.2) is 0 Å². The first-order chi connectivity index (χ1) is 11.3. The Balaban J connectivity index is 1.74. The summed E-state index contributed by atoms with van der Waals surface area (Å²) in [5.74, 6) is 1.32. The molecule has 128 valence electrons. The summed E-state index contributed by atoms with van der Waals surface area (Å²) in [6.07, 6.45) is 2.12. The normalized spacial score (nSPS) is 16.4. The largest absolute Gasteiger partial charge is 0.355 e. The highest BCUT2D eigenvalue weighted by Crippen LogP contribution is 2.27. The standard InChI is InChI=1S/C20H26N2O2/c1-14-9-11-22(12-10-14)19(23)17-13-18(24-21-17)15-5-7-16(8-6-15)20(2,3)4/h5-8,13-14H,9-12H2,1-4H3. The van der Waals surface area contributed by atoms with Gasteiger partial charge in [0.1, 0.15) is 0 Å². The molecule has 1 aliphatic heterocycles. The number of benzene rings is 1. The first kappa shape index (κ1) is 16.7. The summed E-state index contributed by atoms with van der Waals surface area (Å²) in [5, 5.41) is 3.99. The van der Waals surface area contributed by atoms with Gasteiger partial charge >= 0.3 is 0 Å². The van der Waals surface area contributed by atoms with E-state index in [1.807, 2.05) is 17.0 Å². The first-order valence-electron chi connectivity index (χ1n) is 8.71. The van der Waals surface area contributed by atoms with Gasteiger partial charge < -0.3 is 9.42 Å². The average Bonchev–Trinajstić information content (AvgIpc) is 3.04. The van der Waals surface area contributed by atoms with Crippen LogP contribution in [0.15, 0.2) is 34.9 Å². The topological polar surface area (TPSA) is 46.3 Å². The third-order valence-corrected chi connectivity index (χ3v) is 4.84. The van der Waals surface area contributed by atoms with Crippen LogP contribution < -0.4 is 0 Å². The second-order valence-electron chi connectivity index (χ2n) is 7.88. The van der Waals surface area contributed by atoms with Crippen LogP contribution in [-0.4, -0.2) is 29.1 Å². The molecule has 0 unspecified atom stereocenters. The molecule has 3 rings (SSSR count). The van der Waals surface area contributed by atoms with Gasteiger partial charge in [-0.05, 0) is 29.7 Å². The van der Waals surface area contributed by atoms with Gasteiger partial charge in [0, 0.05) is 24.7 Å². The molecular weight excluding hydrogens is 300 g/mol. The minimum absolute atomic E-state index is 0.0248. The molecule has 0 N–H and O–H groups in total. The van der Waals surface area contributed by atoms with Crippen molar-refractivity contribution in [3.05, 3.63) is 41.6 Å². The Morgan fingerprint density at radius 2 is 1.79 bits per heavy atom. The Morgan fingerprint density at radius 1 is 1.17 bits per heavy atom. The van der Waals surface area contributed by atoms with Crippen LogP contribution in [0.4, 0.5) is 0 Å². The second kappa shape index (κ2) is 6.42. The monoisotopic (exact) mass is 326 g/mol. The third-order valence-electron chi connectivity index (χ3n) is 4.84. The quantitative estimate of drug-likeness (QED) is 0.815. The SMILES string of the molecule is CC1CCN(C(=O)c2cc(-c3ccc(C(C)(C)C)cc3)on2)CC1. The fourth-order valence-corrected chi connectivity index (χ4v) is 3.02. The van der Waals surface area contributed by atoms with E-state index in [0.717, 1.165) is 31.5 Å². The second-order valence-corrected chi connectivity index (χ2v) is 7.88. The molecule has 1 aliphatic rings. The highest BCUT2D eigenvalue weighted by atomic mass is 16.5. The number of nitrogens with zero attached hydrogens (tertiary/aromatic N) is 2. The van der Waals surface area contributed by atoms with Gasteiger partial charge in [0.05, 0.1) is 0 Å². The van der Waals surface area contributed by atoms with Crippen LogP contribution in [0, 0.1) is 5.92 Å². The lowest BCUT2D eigenvalue weighted by Crippen LogP contribution is -2.38. The number of carbonyl (C=O) groups is 1. The molecule has 2 aromatic rings. The molecule has 0 radical (unpaired) electrons. The molecule has 1 aromatic heterocycles. The van der Waals surface area contributed by atoms with Crippen molar-refractivity contribution >= 4 is 5.91 Å². The predicted octanol–water partition coefficient (Wildman–Crippen LogP) is 4.51. The van der Waals surface area contributed by atoms with E-state index in [2.05, 4.69) is 45.0 Å². The predicted molar refractivity (Wildman–Crippen MR) is 94.9 cm³/mol. The number of amides is 1. The number of hydrogen-bond donors (Lipinski definition) is 0. The molecule has 0 aliphatic carbocycles. The van der Waals surface area contributed by atoms with Crippen molar-refractivity contribution in [3.8, 4) is 11.3 Å². The van der Waals surface area contributed by atoms with E-state index in [9.17, 15) is 4.79 Å². The van der Waals surface area contributed by atoms with Crippen molar-refractivity contribution in [1.29, 1.82) is 0 Å². The fourth-order valence-electron chi connectivity index (χ4n) is 3.02. The first-order valence-corrected chi connectivity index (χ1v) is 8.71. The van der Waals surface area contributed by atoms with Crippen LogP contribution in [0.2, 0.25) is 0 Å². The summed E-state index contributed by atoms with van der Waals surface area (Å²) >= 11 is 0. The fraction of sp³-hybridized carbons (Fsp3) is 0.500. The molecule has 0 saturated carbocycles. The van der Waals surface area contributed by atoms with Crippen LogP contribution in [0.25, 0.3) is 11.3 Å². The summed E-state index contributed by atoms with van der Waals surface area (Å²) in [5.41, 5.74) is 2.73. The molecule has 4 nitrogen and oxygen atoms in total. The lowest BCUT2D eigenvalue weighted by Gasteiger charge is -2.29. The average molecular weight is 326 g/mol. The van der Waals surface area contributed by atoms with Gasteiger partial charge in [-0.3, -0.25) is 4.79 Å². The minimum atomic E-state index is -0.0248. The van der Waals surface area contributed by atoms with Crippen LogP contribution in [0.5, 0.6) is 0 Å². The van der Waals surface area contributed by atoms with Crippen molar-refractivity contribution in [2.75, 3.05) is 13.1 Å². The summed E-state index contributed by atoms with van der Waals surface area (Å²) in [7, 11) is 0. The maximum atomic E-state index is 12.5. The molecule has 24 heavy (non-hydrogen) atoms. The summed E-state index contributed by atoms with van der Waals surface area (Å²) < 4.78 is 5.41. The molecule has 1 aromatic carbocycles. The van der Waals surface area contributed by atoms with E-state index in [-0.39, 0.29) is 11.3 Å².